The standard InChI is InChI=1S/C23H30ClN3O3S/c1-3-27(4-2)31(29,30)19-12-13-21(24)20(16-19)23(28)25-17-22(26-14-8-9-15-26)18-10-6-5-7-11-18/h5-7,10-13,16,22H,3-4,8-9,14-15,17H2,1-2H3,(H,25,28). The minimum atomic E-state index is -3.67. The summed E-state index contributed by atoms with van der Waals surface area (Å²) in [7, 11) is -3.67. The van der Waals surface area contributed by atoms with E-state index in [1.807, 2.05) is 18.2 Å². The molecule has 0 aliphatic carbocycles. The zero-order chi connectivity index (χ0) is 22.4. The molecule has 0 saturated carbocycles. The third-order valence-corrected chi connectivity index (χ3v) is 8.12. The first-order valence-electron chi connectivity index (χ1n) is 10.7. The van der Waals surface area contributed by atoms with Crippen molar-refractivity contribution in [2.24, 2.45) is 0 Å². The fourth-order valence-electron chi connectivity index (χ4n) is 4.02. The van der Waals surface area contributed by atoms with E-state index in [0.717, 1.165) is 31.5 Å². The predicted molar refractivity (Wildman–Crippen MR) is 124 cm³/mol. The number of sulfonamides is 1. The zero-order valence-corrected chi connectivity index (χ0v) is 19.6. The third-order valence-electron chi connectivity index (χ3n) is 5.75. The van der Waals surface area contributed by atoms with Crippen LogP contribution in [0, 0.1) is 0 Å². The molecule has 0 radical (unpaired) electrons. The maximum Gasteiger partial charge on any atom is 0.252 e. The number of halogens is 1. The number of likely N-dealkylation sites (tertiary alicyclic amines) is 1. The Kier molecular flexibility index (Phi) is 8.11. The molecule has 31 heavy (non-hydrogen) atoms. The summed E-state index contributed by atoms with van der Waals surface area (Å²) in [6.45, 7) is 6.70. The lowest BCUT2D eigenvalue weighted by atomic mass is 10.1. The molecule has 1 heterocycles. The molecule has 1 fully saturated rings. The summed E-state index contributed by atoms with van der Waals surface area (Å²) in [5, 5.41) is 3.21. The molecule has 1 unspecified atom stereocenters. The first-order valence-corrected chi connectivity index (χ1v) is 12.6. The second kappa shape index (κ2) is 10.6. The number of nitrogens with zero attached hydrogens (tertiary/aromatic N) is 2. The van der Waals surface area contributed by atoms with Crippen molar-refractivity contribution < 1.29 is 13.2 Å². The van der Waals surface area contributed by atoms with Gasteiger partial charge in [-0.15, -0.1) is 0 Å². The normalized spacial score (nSPS) is 15.9. The van der Waals surface area contributed by atoms with Crippen molar-refractivity contribution >= 4 is 27.5 Å². The number of rotatable bonds is 9. The topological polar surface area (TPSA) is 69.7 Å². The van der Waals surface area contributed by atoms with Crippen LogP contribution in [-0.4, -0.2) is 56.3 Å². The smallest absolute Gasteiger partial charge is 0.252 e. The lowest BCUT2D eigenvalue weighted by Gasteiger charge is -2.28. The van der Waals surface area contributed by atoms with E-state index in [1.54, 1.807) is 13.8 Å². The number of hydrogen-bond acceptors (Lipinski definition) is 4. The Labute approximate surface area is 190 Å². The van der Waals surface area contributed by atoms with Gasteiger partial charge >= 0.3 is 0 Å². The minimum absolute atomic E-state index is 0.0639. The second-order valence-corrected chi connectivity index (χ2v) is 9.96. The Hall–Kier alpha value is -1.93. The van der Waals surface area contributed by atoms with Gasteiger partial charge in [0.1, 0.15) is 0 Å². The van der Waals surface area contributed by atoms with Crippen LogP contribution >= 0.6 is 11.6 Å². The lowest BCUT2D eigenvalue weighted by Crippen LogP contribution is -2.37. The zero-order valence-electron chi connectivity index (χ0n) is 18.1. The molecule has 1 atom stereocenters. The fraction of sp³-hybridized carbons (Fsp3) is 0.435. The lowest BCUT2D eigenvalue weighted by molar-refractivity contribution is 0.0938. The molecule has 1 aliphatic rings. The van der Waals surface area contributed by atoms with E-state index >= 15 is 0 Å². The van der Waals surface area contributed by atoms with E-state index in [0.29, 0.717) is 19.6 Å². The van der Waals surface area contributed by atoms with Crippen LogP contribution in [0.25, 0.3) is 0 Å². The largest absolute Gasteiger partial charge is 0.350 e. The van der Waals surface area contributed by atoms with E-state index in [1.165, 1.54) is 22.5 Å². The highest BCUT2D eigenvalue weighted by molar-refractivity contribution is 7.89. The summed E-state index contributed by atoms with van der Waals surface area (Å²) < 4.78 is 27.1. The van der Waals surface area contributed by atoms with Crippen molar-refractivity contribution in [3.8, 4) is 0 Å². The molecule has 1 saturated heterocycles. The van der Waals surface area contributed by atoms with Crippen molar-refractivity contribution in [2.75, 3.05) is 32.7 Å². The molecule has 6 nitrogen and oxygen atoms in total. The maximum atomic E-state index is 13.0. The number of carbonyl (C=O) groups excluding carboxylic acids is 1. The van der Waals surface area contributed by atoms with E-state index in [-0.39, 0.29) is 27.4 Å². The van der Waals surface area contributed by atoms with Gasteiger partial charge in [0.15, 0.2) is 0 Å². The van der Waals surface area contributed by atoms with Gasteiger partial charge in [-0.3, -0.25) is 9.69 Å². The van der Waals surface area contributed by atoms with Gasteiger partial charge < -0.3 is 5.32 Å². The Morgan fingerprint density at radius 3 is 2.35 bits per heavy atom. The molecule has 0 spiro atoms. The number of nitrogens with one attached hydrogen (secondary N) is 1. The van der Waals surface area contributed by atoms with Crippen molar-refractivity contribution in [1.29, 1.82) is 0 Å². The molecule has 1 amide bonds. The highest BCUT2D eigenvalue weighted by Gasteiger charge is 2.26. The van der Waals surface area contributed by atoms with Crippen LogP contribution in [0.3, 0.4) is 0 Å². The Morgan fingerprint density at radius 2 is 1.74 bits per heavy atom. The summed E-state index contributed by atoms with van der Waals surface area (Å²) in [4.78, 5) is 15.4. The Balaban J connectivity index is 1.81. The van der Waals surface area contributed by atoms with Crippen molar-refractivity contribution in [3.63, 3.8) is 0 Å². The average Bonchev–Trinajstić information content (AvgIpc) is 3.30. The van der Waals surface area contributed by atoms with Gasteiger partial charge in [-0.2, -0.15) is 4.31 Å². The molecule has 1 N–H and O–H groups in total. The Morgan fingerprint density at radius 1 is 1.10 bits per heavy atom. The van der Waals surface area contributed by atoms with Crippen LogP contribution < -0.4 is 5.32 Å². The number of benzene rings is 2. The van der Waals surface area contributed by atoms with E-state index < -0.39 is 10.0 Å². The molecule has 3 rings (SSSR count). The number of carbonyl (C=O) groups is 1. The minimum Gasteiger partial charge on any atom is -0.350 e. The quantitative estimate of drug-likeness (QED) is 0.611. The van der Waals surface area contributed by atoms with E-state index in [2.05, 4.69) is 22.3 Å². The molecule has 0 aromatic heterocycles. The molecule has 1 aliphatic heterocycles. The van der Waals surface area contributed by atoms with Crippen molar-refractivity contribution in [2.45, 2.75) is 37.6 Å². The SMILES string of the molecule is CCN(CC)S(=O)(=O)c1ccc(Cl)c(C(=O)NCC(c2ccccc2)N2CCCC2)c1. The van der Waals surface area contributed by atoms with Crippen LogP contribution in [0.1, 0.15) is 48.7 Å². The maximum absolute atomic E-state index is 13.0. The van der Waals surface area contributed by atoms with Gasteiger partial charge in [0.2, 0.25) is 10.0 Å². The first-order chi connectivity index (χ1) is 14.9. The molecule has 2 aromatic rings. The average molecular weight is 464 g/mol. The van der Waals surface area contributed by atoms with Crippen molar-refractivity contribution in [1.82, 2.24) is 14.5 Å². The monoisotopic (exact) mass is 463 g/mol. The molecule has 0 bridgehead atoms. The molecule has 2 aromatic carbocycles. The van der Waals surface area contributed by atoms with Gasteiger partial charge in [-0.05, 0) is 49.7 Å². The molecule has 8 heteroatoms. The highest BCUT2D eigenvalue weighted by atomic mass is 35.5. The summed E-state index contributed by atoms with van der Waals surface area (Å²) >= 11 is 6.27. The van der Waals surface area contributed by atoms with Gasteiger partial charge in [-0.25, -0.2) is 8.42 Å². The van der Waals surface area contributed by atoms with Crippen molar-refractivity contribution in [3.05, 3.63) is 64.7 Å². The van der Waals surface area contributed by atoms with Crippen LogP contribution in [0.5, 0.6) is 0 Å². The molecule has 168 valence electrons. The van der Waals surface area contributed by atoms with Crippen LogP contribution in [0.4, 0.5) is 0 Å². The molecular formula is C23H30ClN3O3S. The van der Waals surface area contributed by atoms with Gasteiger partial charge in [0.05, 0.1) is 21.5 Å². The fourth-order valence-corrected chi connectivity index (χ4v) is 5.71. The van der Waals surface area contributed by atoms with Gasteiger partial charge in [0.25, 0.3) is 5.91 Å². The number of hydrogen-bond donors (Lipinski definition) is 1. The summed E-state index contributed by atoms with van der Waals surface area (Å²) in [5.41, 5.74) is 1.32. The predicted octanol–water partition coefficient (Wildman–Crippen LogP) is 3.94. The molecular weight excluding hydrogens is 434 g/mol. The van der Waals surface area contributed by atoms with E-state index in [9.17, 15) is 13.2 Å². The number of amides is 1. The third kappa shape index (κ3) is 5.47. The second-order valence-electron chi connectivity index (χ2n) is 7.61. The summed E-state index contributed by atoms with van der Waals surface area (Å²) in [6.07, 6.45) is 2.29. The summed E-state index contributed by atoms with van der Waals surface area (Å²) in [5.74, 6) is -0.373. The van der Waals surface area contributed by atoms with Gasteiger partial charge in [0, 0.05) is 19.6 Å². The Bertz CT molecular complexity index is 988. The van der Waals surface area contributed by atoms with E-state index in [4.69, 9.17) is 11.6 Å². The highest BCUT2D eigenvalue weighted by Crippen LogP contribution is 2.26. The van der Waals surface area contributed by atoms with Gasteiger partial charge in [-0.1, -0.05) is 55.8 Å². The first kappa shape index (κ1) is 23.7. The van der Waals surface area contributed by atoms with Crippen LogP contribution in [-0.2, 0) is 10.0 Å². The van der Waals surface area contributed by atoms with Crippen LogP contribution in [0.2, 0.25) is 5.02 Å². The summed E-state index contributed by atoms with van der Waals surface area (Å²) in [6, 6.07) is 14.5. The van der Waals surface area contributed by atoms with Crippen LogP contribution in [0.15, 0.2) is 53.4 Å².